The number of nitrogen functional groups attached to an aromatic ring is 1. The fourth-order valence-electron chi connectivity index (χ4n) is 4.07. The van der Waals surface area contributed by atoms with Gasteiger partial charge in [0.1, 0.15) is 29.5 Å². The van der Waals surface area contributed by atoms with Crippen molar-refractivity contribution in [1.29, 1.82) is 5.41 Å². The number of hydrogen-bond acceptors (Lipinski definition) is 6. The first-order chi connectivity index (χ1) is 17.3. The van der Waals surface area contributed by atoms with E-state index in [1.165, 1.54) is 16.4 Å². The SMILES string of the molecule is COc1ccc(CNC(=O)[C@@H]2C[C@@H](Oc3cccc(C(=N)N)c3)CN2S(=O)(=O)c2ccccc2)cc1. The molecule has 1 aliphatic rings. The summed E-state index contributed by atoms with van der Waals surface area (Å²) in [5, 5.41) is 10.5. The second-order valence-electron chi connectivity index (χ2n) is 8.39. The quantitative estimate of drug-likeness (QED) is 0.300. The van der Waals surface area contributed by atoms with Gasteiger partial charge in [0.2, 0.25) is 15.9 Å². The van der Waals surface area contributed by atoms with E-state index in [0.717, 1.165) is 5.56 Å². The molecule has 1 heterocycles. The molecule has 0 unspecified atom stereocenters. The smallest absolute Gasteiger partial charge is 0.243 e. The molecule has 10 heteroatoms. The van der Waals surface area contributed by atoms with Crippen LogP contribution >= 0.6 is 0 Å². The van der Waals surface area contributed by atoms with Crippen molar-refractivity contribution in [2.24, 2.45) is 5.73 Å². The Balaban J connectivity index is 1.54. The summed E-state index contributed by atoms with van der Waals surface area (Å²) in [5.74, 6) is 0.642. The highest BCUT2D eigenvalue weighted by molar-refractivity contribution is 7.89. The highest BCUT2D eigenvalue weighted by Gasteiger charge is 2.45. The summed E-state index contributed by atoms with van der Waals surface area (Å²) in [5.41, 5.74) is 6.92. The minimum Gasteiger partial charge on any atom is -0.497 e. The molecular weight excluding hydrogens is 480 g/mol. The summed E-state index contributed by atoms with van der Waals surface area (Å²) in [4.78, 5) is 13.3. The van der Waals surface area contributed by atoms with Gasteiger partial charge in [0, 0.05) is 18.5 Å². The van der Waals surface area contributed by atoms with Gasteiger partial charge < -0.3 is 20.5 Å². The van der Waals surface area contributed by atoms with Crippen molar-refractivity contribution in [3.8, 4) is 11.5 Å². The fourth-order valence-corrected chi connectivity index (χ4v) is 5.72. The molecular formula is C26H28N4O5S. The summed E-state index contributed by atoms with van der Waals surface area (Å²) in [6.07, 6.45) is -0.396. The zero-order valence-corrected chi connectivity index (χ0v) is 20.6. The molecule has 0 aromatic heterocycles. The lowest BCUT2D eigenvalue weighted by Crippen LogP contribution is -2.45. The molecule has 0 saturated carbocycles. The summed E-state index contributed by atoms with van der Waals surface area (Å²) >= 11 is 0. The Hall–Kier alpha value is -3.89. The largest absolute Gasteiger partial charge is 0.497 e. The van der Waals surface area contributed by atoms with E-state index in [9.17, 15) is 13.2 Å². The Bertz CT molecular complexity index is 1330. The van der Waals surface area contributed by atoms with Crippen molar-refractivity contribution >= 4 is 21.8 Å². The van der Waals surface area contributed by atoms with E-state index in [1.807, 2.05) is 12.1 Å². The number of nitrogens with zero attached hydrogens (tertiary/aromatic N) is 1. The molecule has 1 fully saturated rings. The van der Waals surface area contributed by atoms with E-state index in [1.54, 1.807) is 61.7 Å². The molecule has 4 rings (SSSR count). The highest BCUT2D eigenvalue weighted by Crippen LogP contribution is 2.29. The molecule has 2 atom stereocenters. The number of amides is 1. The number of nitrogens with two attached hydrogens (primary N) is 1. The second kappa shape index (κ2) is 10.8. The summed E-state index contributed by atoms with van der Waals surface area (Å²) < 4.78 is 39.3. The van der Waals surface area contributed by atoms with Crippen molar-refractivity contribution in [3.63, 3.8) is 0 Å². The van der Waals surface area contributed by atoms with Crippen LogP contribution in [0.15, 0.2) is 83.8 Å². The van der Waals surface area contributed by atoms with Crippen LogP contribution in [0.25, 0.3) is 0 Å². The number of benzene rings is 3. The minimum atomic E-state index is -3.95. The Morgan fingerprint density at radius 1 is 1.06 bits per heavy atom. The molecule has 4 N–H and O–H groups in total. The molecule has 0 aliphatic carbocycles. The Morgan fingerprint density at radius 3 is 2.44 bits per heavy atom. The summed E-state index contributed by atoms with van der Waals surface area (Å²) in [6.45, 7) is 0.243. The minimum absolute atomic E-state index is 0.00213. The van der Waals surface area contributed by atoms with E-state index in [-0.39, 0.29) is 30.2 Å². The maximum absolute atomic E-state index is 13.5. The Labute approximate surface area is 210 Å². The van der Waals surface area contributed by atoms with Crippen LogP contribution in [0.1, 0.15) is 17.5 Å². The number of rotatable bonds is 9. The number of nitrogens with one attached hydrogen (secondary N) is 2. The zero-order chi connectivity index (χ0) is 25.7. The Morgan fingerprint density at radius 2 is 1.78 bits per heavy atom. The van der Waals surface area contributed by atoms with Crippen LogP contribution in [0, 0.1) is 5.41 Å². The predicted molar refractivity (Wildman–Crippen MR) is 135 cm³/mol. The third kappa shape index (κ3) is 5.67. The van der Waals surface area contributed by atoms with Crippen LogP contribution < -0.4 is 20.5 Å². The van der Waals surface area contributed by atoms with Crippen LogP contribution in [-0.2, 0) is 21.4 Å². The van der Waals surface area contributed by atoms with Crippen molar-refractivity contribution in [2.45, 2.75) is 30.0 Å². The molecule has 1 amide bonds. The van der Waals surface area contributed by atoms with Gasteiger partial charge in [0.15, 0.2) is 0 Å². The van der Waals surface area contributed by atoms with Crippen LogP contribution in [0.4, 0.5) is 0 Å². The second-order valence-corrected chi connectivity index (χ2v) is 10.3. The number of methoxy groups -OCH3 is 1. The fraction of sp³-hybridized carbons (Fsp3) is 0.231. The maximum atomic E-state index is 13.5. The van der Waals surface area contributed by atoms with E-state index in [2.05, 4.69) is 5.32 Å². The lowest BCUT2D eigenvalue weighted by Gasteiger charge is -2.23. The normalized spacial score (nSPS) is 17.9. The van der Waals surface area contributed by atoms with Gasteiger partial charge in [-0.15, -0.1) is 0 Å². The predicted octanol–water partition coefficient (Wildman–Crippen LogP) is 2.51. The monoisotopic (exact) mass is 508 g/mol. The van der Waals surface area contributed by atoms with E-state index in [4.69, 9.17) is 20.6 Å². The van der Waals surface area contributed by atoms with Crippen molar-refractivity contribution in [3.05, 3.63) is 90.0 Å². The van der Waals surface area contributed by atoms with Gasteiger partial charge in [0.05, 0.1) is 18.6 Å². The van der Waals surface area contributed by atoms with Crippen LogP contribution in [0.3, 0.4) is 0 Å². The van der Waals surface area contributed by atoms with Gasteiger partial charge in [-0.1, -0.05) is 42.5 Å². The first-order valence-electron chi connectivity index (χ1n) is 11.4. The summed E-state index contributed by atoms with van der Waals surface area (Å²) in [7, 11) is -2.37. The van der Waals surface area contributed by atoms with Crippen molar-refractivity contribution in [1.82, 2.24) is 9.62 Å². The van der Waals surface area contributed by atoms with Crippen molar-refractivity contribution < 1.29 is 22.7 Å². The topological polar surface area (TPSA) is 135 Å². The number of ether oxygens (including phenoxy) is 2. The van der Waals surface area contributed by atoms with Crippen LogP contribution in [0.5, 0.6) is 11.5 Å². The van der Waals surface area contributed by atoms with Crippen LogP contribution in [0.2, 0.25) is 0 Å². The molecule has 0 bridgehead atoms. The van der Waals surface area contributed by atoms with Gasteiger partial charge in [-0.05, 0) is 42.0 Å². The molecule has 0 spiro atoms. The first kappa shape index (κ1) is 25.2. The van der Waals surface area contributed by atoms with Gasteiger partial charge in [-0.3, -0.25) is 10.2 Å². The molecule has 0 radical (unpaired) electrons. The molecule has 3 aromatic rings. The van der Waals surface area contributed by atoms with E-state index >= 15 is 0 Å². The number of carbonyl (C=O) groups is 1. The van der Waals surface area contributed by atoms with Gasteiger partial charge in [-0.2, -0.15) is 4.31 Å². The number of amidine groups is 1. The zero-order valence-electron chi connectivity index (χ0n) is 19.8. The highest BCUT2D eigenvalue weighted by atomic mass is 32.2. The Kier molecular flexibility index (Phi) is 7.56. The number of carbonyl (C=O) groups excluding carboxylic acids is 1. The number of hydrogen-bond donors (Lipinski definition) is 3. The van der Waals surface area contributed by atoms with Crippen molar-refractivity contribution in [2.75, 3.05) is 13.7 Å². The molecule has 1 aliphatic heterocycles. The molecule has 188 valence electrons. The van der Waals surface area contributed by atoms with E-state index < -0.39 is 28.1 Å². The summed E-state index contributed by atoms with van der Waals surface area (Å²) in [6, 6.07) is 21.1. The first-order valence-corrected chi connectivity index (χ1v) is 12.8. The molecule has 3 aromatic carbocycles. The molecule has 1 saturated heterocycles. The lowest BCUT2D eigenvalue weighted by atomic mass is 10.1. The number of sulfonamides is 1. The lowest BCUT2D eigenvalue weighted by molar-refractivity contribution is -0.124. The van der Waals surface area contributed by atoms with Gasteiger partial charge in [-0.25, -0.2) is 8.42 Å². The average Bonchev–Trinajstić information content (AvgIpc) is 3.33. The van der Waals surface area contributed by atoms with Gasteiger partial charge >= 0.3 is 0 Å². The molecule has 36 heavy (non-hydrogen) atoms. The maximum Gasteiger partial charge on any atom is 0.243 e. The van der Waals surface area contributed by atoms with Crippen LogP contribution in [-0.4, -0.2) is 50.3 Å². The average molecular weight is 509 g/mol. The van der Waals surface area contributed by atoms with Gasteiger partial charge in [0.25, 0.3) is 0 Å². The standard InChI is InChI=1S/C26H28N4O5S/c1-34-20-12-10-18(11-13-20)16-29-26(31)24-15-22(35-21-7-5-6-19(14-21)25(27)28)17-30(24)36(32,33)23-8-3-2-4-9-23/h2-14,22,24H,15-17H2,1H3,(H3,27,28)(H,29,31)/t22-,24+/m1/s1. The molecule has 9 nitrogen and oxygen atoms in total. The third-order valence-electron chi connectivity index (χ3n) is 5.94. The third-order valence-corrected chi connectivity index (χ3v) is 7.83. The van der Waals surface area contributed by atoms with E-state index in [0.29, 0.717) is 17.1 Å².